The predicted molar refractivity (Wildman–Crippen MR) is 208 cm³/mol. The number of aliphatic hydroxyl groups is 2. The summed E-state index contributed by atoms with van der Waals surface area (Å²) in [6, 6.07) is 8.02. The number of aliphatic hydroxyl groups excluding tert-OH is 2. The normalized spacial score (nSPS) is 15.0. The van der Waals surface area contributed by atoms with Crippen LogP contribution in [0.1, 0.15) is 155 Å². The minimum atomic E-state index is -0.919. The molecule has 0 amide bonds. The highest BCUT2D eigenvalue weighted by atomic mass is 16.3. The van der Waals surface area contributed by atoms with Gasteiger partial charge in [-0.3, -0.25) is 4.90 Å². The van der Waals surface area contributed by atoms with Gasteiger partial charge in [-0.25, -0.2) is 0 Å². The first kappa shape index (κ1) is 40.2. The van der Waals surface area contributed by atoms with Gasteiger partial charge < -0.3 is 25.4 Å². The molecule has 0 aliphatic carbocycles. The third-order valence-electron chi connectivity index (χ3n) is 10.3. The molecular weight excluding hydrogens is 592 g/mol. The van der Waals surface area contributed by atoms with E-state index in [1.165, 1.54) is 146 Å². The lowest BCUT2D eigenvalue weighted by atomic mass is 10.1. The number of anilines is 2. The Morgan fingerprint density at radius 3 is 1.83 bits per heavy atom. The Morgan fingerprint density at radius 1 is 0.729 bits per heavy atom. The van der Waals surface area contributed by atoms with Crippen LogP contribution in [0.4, 0.5) is 11.5 Å². The van der Waals surface area contributed by atoms with Crippen molar-refractivity contribution in [1.82, 2.24) is 9.88 Å². The number of fused-ring (bicyclic) bond motifs is 1. The zero-order valence-electron chi connectivity index (χ0n) is 31.1. The highest BCUT2D eigenvalue weighted by Crippen LogP contribution is 2.30. The van der Waals surface area contributed by atoms with Crippen LogP contribution in [0.5, 0.6) is 0 Å². The molecule has 1 aromatic heterocycles. The maximum atomic E-state index is 10.7. The molecule has 1 saturated heterocycles. The van der Waals surface area contributed by atoms with Gasteiger partial charge in [-0.1, -0.05) is 148 Å². The first-order valence-corrected chi connectivity index (χ1v) is 20.3. The summed E-state index contributed by atoms with van der Waals surface area (Å²) in [5.41, 5.74) is 2.32. The Balaban J connectivity index is 1.33. The van der Waals surface area contributed by atoms with Crippen molar-refractivity contribution in [3.05, 3.63) is 24.3 Å². The number of hydrogen-bond donors (Lipinski definition) is 4. The molecule has 2 unspecified atom stereocenters. The van der Waals surface area contributed by atoms with Gasteiger partial charge >= 0.3 is 0 Å². The van der Waals surface area contributed by atoms with Crippen molar-refractivity contribution in [1.29, 1.82) is 0 Å². The van der Waals surface area contributed by atoms with Crippen LogP contribution >= 0.6 is 0 Å². The molecule has 2 atom stereocenters. The zero-order valence-corrected chi connectivity index (χ0v) is 31.1. The summed E-state index contributed by atoms with van der Waals surface area (Å²) in [6.07, 6.45) is 28.3. The number of rotatable bonds is 27. The summed E-state index contributed by atoms with van der Waals surface area (Å²) in [6.45, 7) is 9.90. The van der Waals surface area contributed by atoms with Crippen molar-refractivity contribution >= 4 is 22.4 Å². The van der Waals surface area contributed by atoms with Gasteiger partial charge in [-0.2, -0.15) is 0 Å². The molecule has 2 heterocycles. The summed E-state index contributed by atoms with van der Waals surface area (Å²) in [7, 11) is 0. The Bertz CT molecular complexity index is 1130. The quantitative estimate of drug-likeness (QED) is 0.0565. The maximum absolute atomic E-state index is 10.7. The van der Waals surface area contributed by atoms with Crippen LogP contribution in [-0.2, 0) is 0 Å². The summed E-state index contributed by atoms with van der Waals surface area (Å²) >= 11 is 0. The molecule has 0 spiro atoms. The van der Waals surface area contributed by atoms with Gasteiger partial charge in [0.15, 0.2) is 0 Å². The lowest BCUT2D eigenvalue weighted by molar-refractivity contribution is 0.160. The number of aromatic nitrogens is 1. The first-order valence-electron chi connectivity index (χ1n) is 20.3. The Hall–Kier alpha value is -2.20. The minimum Gasteiger partial charge on any atom is -0.394 e. The third kappa shape index (κ3) is 16.0. The number of nitrogens with zero attached hydrogens (tertiary/aromatic N) is 2. The van der Waals surface area contributed by atoms with Crippen molar-refractivity contribution in [2.45, 2.75) is 167 Å². The molecular formula is C42H72N4O2. The number of unbranched alkanes of at least 4 members (excludes halogenated alkanes) is 20. The first-order chi connectivity index (χ1) is 23.7. The molecule has 48 heavy (non-hydrogen) atoms. The van der Waals surface area contributed by atoms with Crippen molar-refractivity contribution in [2.75, 3.05) is 49.5 Å². The lowest BCUT2D eigenvalue weighted by Gasteiger charge is -2.36. The lowest BCUT2D eigenvalue weighted by Crippen LogP contribution is -2.46. The van der Waals surface area contributed by atoms with Gasteiger partial charge in [0.1, 0.15) is 11.9 Å². The summed E-state index contributed by atoms with van der Waals surface area (Å²) < 4.78 is 0. The van der Waals surface area contributed by atoms with Gasteiger partial charge in [0.25, 0.3) is 0 Å². The van der Waals surface area contributed by atoms with Crippen LogP contribution in [0.3, 0.4) is 0 Å². The number of aromatic amines is 1. The van der Waals surface area contributed by atoms with Crippen LogP contribution in [0.2, 0.25) is 0 Å². The fraction of sp³-hybridized carbons (Fsp3) is 0.762. The van der Waals surface area contributed by atoms with Gasteiger partial charge in [0.05, 0.1) is 12.6 Å². The largest absolute Gasteiger partial charge is 0.394 e. The van der Waals surface area contributed by atoms with E-state index in [4.69, 9.17) is 0 Å². The molecule has 0 radical (unpaired) electrons. The molecule has 3 rings (SSSR count). The fourth-order valence-electron chi connectivity index (χ4n) is 7.11. The van der Waals surface area contributed by atoms with Crippen LogP contribution in [0.15, 0.2) is 24.3 Å². The molecule has 6 heteroatoms. The van der Waals surface area contributed by atoms with E-state index in [2.05, 4.69) is 70.1 Å². The van der Waals surface area contributed by atoms with Gasteiger partial charge in [0, 0.05) is 49.2 Å². The summed E-state index contributed by atoms with van der Waals surface area (Å²) in [4.78, 5) is 8.61. The molecule has 2 aromatic rings. The number of hydrogen-bond acceptors (Lipinski definition) is 5. The highest BCUT2D eigenvalue weighted by Gasteiger charge is 2.21. The van der Waals surface area contributed by atoms with Crippen molar-refractivity contribution < 1.29 is 10.2 Å². The van der Waals surface area contributed by atoms with E-state index in [9.17, 15) is 10.2 Å². The smallest absolute Gasteiger partial charge is 0.137 e. The predicted octanol–water partition coefficient (Wildman–Crippen LogP) is 10.0. The Morgan fingerprint density at radius 2 is 1.27 bits per heavy atom. The average molecular weight is 665 g/mol. The van der Waals surface area contributed by atoms with E-state index >= 15 is 0 Å². The topological polar surface area (TPSA) is 74.8 Å². The molecule has 1 aromatic carbocycles. The summed E-state index contributed by atoms with van der Waals surface area (Å²) in [5.74, 6) is 6.95. The second-order valence-corrected chi connectivity index (χ2v) is 14.4. The highest BCUT2D eigenvalue weighted by molar-refractivity contribution is 5.95. The molecule has 1 aliphatic heterocycles. The van der Waals surface area contributed by atoms with Gasteiger partial charge in [0.2, 0.25) is 0 Å². The van der Waals surface area contributed by atoms with Gasteiger partial charge in [-0.05, 0) is 37.6 Å². The molecule has 6 nitrogen and oxygen atoms in total. The van der Waals surface area contributed by atoms with Crippen molar-refractivity contribution in [2.24, 2.45) is 0 Å². The van der Waals surface area contributed by atoms with E-state index in [1.54, 1.807) is 0 Å². The van der Waals surface area contributed by atoms with E-state index in [-0.39, 0.29) is 6.61 Å². The van der Waals surface area contributed by atoms with E-state index in [0.29, 0.717) is 0 Å². The Labute approximate surface area is 294 Å². The second kappa shape index (κ2) is 25.7. The van der Waals surface area contributed by atoms with Crippen LogP contribution in [-0.4, -0.2) is 71.6 Å². The van der Waals surface area contributed by atoms with Crippen LogP contribution in [0, 0.1) is 11.8 Å². The number of nitrogens with one attached hydrogen (secondary N) is 2. The van der Waals surface area contributed by atoms with Crippen molar-refractivity contribution in [3.8, 4) is 11.8 Å². The monoisotopic (exact) mass is 665 g/mol. The van der Waals surface area contributed by atoms with Crippen LogP contribution < -0.4 is 10.2 Å². The van der Waals surface area contributed by atoms with Gasteiger partial charge in [-0.15, -0.1) is 5.92 Å². The molecule has 0 saturated carbocycles. The third-order valence-corrected chi connectivity index (χ3v) is 10.3. The van der Waals surface area contributed by atoms with E-state index in [0.717, 1.165) is 50.4 Å². The minimum absolute atomic E-state index is 0.183. The maximum Gasteiger partial charge on any atom is 0.137 e. The van der Waals surface area contributed by atoms with Crippen molar-refractivity contribution in [3.63, 3.8) is 0 Å². The average Bonchev–Trinajstić information content (AvgIpc) is 3.53. The number of benzene rings is 1. The molecule has 4 N–H and O–H groups in total. The SMILES string of the molecule is CCCCCCCCCCCCCC#CC(O)C(CO)Nc1cc2c(N3CCN(CCCCCCCCCCCC)CC3)cccc2[nH]1. The zero-order chi connectivity index (χ0) is 34.1. The van der Waals surface area contributed by atoms with Crippen LogP contribution in [0.25, 0.3) is 10.9 Å². The molecule has 272 valence electrons. The second-order valence-electron chi connectivity index (χ2n) is 14.4. The number of H-pyrrole nitrogens is 1. The molecule has 0 bridgehead atoms. The molecule has 1 aliphatic rings. The fourth-order valence-corrected chi connectivity index (χ4v) is 7.11. The standard InChI is InChI=1S/C42H72N4O2/c1-3-5-7-9-11-13-15-16-17-18-20-22-24-29-41(48)39(36-47)44-42-35-37-38(43-42)27-26-28-40(37)46-33-31-45(32-34-46)30-25-23-21-19-14-12-10-8-6-4-2/h26-28,35,39,41,43-44,47-48H,3-23,25,30-34,36H2,1-2H3. The number of piperazine rings is 1. The molecule has 1 fully saturated rings. The Kier molecular flexibility index (Phi) is 21.6. The van der Waals surface area contributed by atoms with E-state index < -0.39 is 12.1 Å². The van der Waals surface area contributed by atoms with E-state index in [1.807, 2.05) is 0 Å². The summed E-state index contributed by atoms with van der Waals surface area (Å²) in [5, 5.41) is 25.3.